The summed E-state index contributed by atoms with van der Waals surface area (Å²) in [6.07, 6.45) is 0. The molecule has 2 amide bonds. The second-order valence-corrected chi connectivity index (χ2v) is 7.64. The Morgan fingerprint density at radius 3 is 2.33 bits per heavy atom. The quantitative estimate of drug-likeness (QED) is 0.311. The number of rotatable bonds is 7. The number of benzene rings is 3. The molecule has 0 saturated carbocycles. The summed E-state index contributed by atoms with van der Waals surface area (Å²) in [6, 6.07) is 19.4. The van der Waals surface area contributed by atoms with E-state index < -0.39 is 16.7 Å². The number of methoxy groups -OCH3 is 1. The summed E-state index contributed by atoms with van der Waals surface area (Å²) in [5.41, 5.74) is 1.57. The maximum absolute atomic E-state index is 13.4. The van der Waals surface area contributed by atoms with Crippen molar-refractivity contribution in [3.63, 3.8) is 0 Å². The summed E-state index contributed by atoms with van der Waals surface area (Å²) in [5.74, 6) is -0.614. The molecule has 33 heavy (non-hydrogen) atoms. The summed E-state index contributed by atoms with van der Waals surface area (Å²) in [6.45, 7) is 0.0762. The number of carbonyl (C=O) groups excluding carboxylic acids is 2. The van der Waals surface area contributed by atoms with Gasteiger partial charge < -0.3 is 10.1 Å². The molecule has 0 bridgehead atoms. The number of nitrogens with zero attached hydrogens (tertiary/aromatic N) is 2. The van der Waals surface area contributed by atoms with Gasteiger partial charge in [-0.3, -0.25) is 24.6 Å². The SMILES string of the molecule is COc1ccc(Cl)cc1NC1=C(c2ccc([N+](=O)[O-])cc2)C(=O)N(Cc2ccccc2)C1=O. The van der Waals surface area contributed by atoms with Crippen molar-refractivity contribution in [3.05, 3.63) is 105 Å². The molecule has 1 aliphatic heterocycles. The molecule has 0 atom stereocenters. The first-order valence-electron chi connectivity index (χ1n) is 9.89. The average molecular weight is 464 g/mol. The van der Waals surface area contributed by atoms with Gasteiger partial charge in [0.25, 0.3) is 17.5 Å². The number of amides is 2. The molecular weight excluding hydrogens is 446 g/mol. The Morgan fingerprint density at radius 1 is 1.00 bits per heavy atom. The minimum absolute atomic E-state index is 0.0327. The van der Waals surface area contributed by atoms with Crippen molar-refractivity contribution in [1.29, 1.82) is 0 Å². The zero-order valence-electron chi connectivity index (χ0n) is 17.4. The molecule has 0 radical (unpaired) electrons. The maximum atomic E-state index is 13.4. The molecule has 0 aromatic heterocycles. The van der Waals surface area contributed by atoms with Crippen LogP contribution in [0.3, 0.4) is 0 Å². The second-order valence-electron chi connectivity index (χ2n) is 7.21. The van der Waals surface area contributed by atoms with Gasteiger partial charge in [0.05, 0.1) is 29.8 Å². The number of anilines is 1. The predicted molar refractivity (Wildman–Crippen MR) is 124 cm³/mol. The van der Waals surface area contributed by atoms with Crippen LogP contribution in [0.5, 0.6) is 5.75 Å². The van der Waals surface area contributed by atoms with E-state index in [4.69, 9.17) is 16.3 Å². The highest BCUT2D eigenvalue weighted by atomic mass is 35.5. The van der Waals surface area contributed by atoms with Gasteiger partial charge in [0.2, 0.25) is 0 Å². The van der Waals surface area contributed by atoms with E-state index in [9.17, 15) is 19.7 Å². The highest BCUT2D eigenvalue weighted by molar-refractivity contribution is 6.36. The molecule has 0 aliphatic carbocycles. The molecule has 1 N–H and O–H groups in total. The third kappa shape index (κ3) is 4.42. The number of nitro groups is 1. The highest BCUT2D eigenvalue weighted by Gasteiger charge is 2.39. The average Bonchev–Trinajstić information content (AvgIpc) is 3.04. The zero-order valence-corrected chi connectivity index (χ0v) is 18.2. The first-order valence-corrected chi connectivity index (χ1v) is 10.3. The monoisotopic (exact) mass is 463 g/mol. The molecule has 0 unspecified atom stereocenters. The fraction of sp³-hybridized carbons (Fsp3) is 0.0833. The lowest BCUT2D eigenvalue weighted by Crippen LogP contribution is -2.32. The van der Waals surface area contributed by atoms with Crippen molar-refractivity contribution in [2.75, 3.05) is 12.4 Å². The fourth-order valence-electron chi connectivity index (χ4n) is 3.53. The van der Waals surface area contributed by atoms with E-state index in [1.54, 1.807) is 18.2 Å². The predicted octanol–water partition coefficient (Wildman–Crippen LogP) is 4.65. The van der Waals surface area contributed by atoms with Crippen LogP contribution in [0.15, 0.2) is 78.5 Å². The zero-order chi connectivity index (χ0) is 23.5. The number of non-ortho nitro benzene ring substituents is 1. The Hall–Kier alpha value is -4.17. The van der Waals surface area contributed by atoms with Gasteiger partial charge in [-0.15, -0.1) is 0 Å². The van der Waals surface area contributed by atoms with Gasteiger partial charge in [-0.2, -0.15) is 0 Å². The largest absolute Gasteiger partial charge is 0.495 e. The number of ether oxygens (including phenoxy) is 1. The molecule has 1 heterocycles. The summed E-state index contributed by atoms with van der Waals surface area (Å²) in [7, 11) is 1.48. The van der Waals surface area contributed by atoms with Crippen molar-refractivity contribution in [2.24, 2.45) is 0 Å². The smallest absolute Gasteiger partial charge is 0.278 e. The van der Waals surface area contributed by atoms with Gasteiger partial charge >= 0.3 is 0 Å². The minimum atomic E-state index is -0.530. The summed E-state index contributed by atoms with van der Waals surface area (Å²) in [4.78, 5) is 38.4. The van der Waals surface area contributed by atoms with E-state index in [2.05, 4.69) is 5.32 Å². The van der Waals surface area contributed by atoms with Crippen LogP contribution in [-0.4, -0.2) is 28.7 Å². The van der Waals surface area contributed by atoms with E-state index in [0.717, 1.165) is 10.5 Å². The molecule has 0 saturated heterocycles. The number of carbonyl (C=O) groups is 2. The molecular formula is C24H18ClN3O5. The Bertz CT molecular complexity index is 1270. The lowest BCUT2D eigenvalue weighted by Gasteiger charge is -2.16. The molecule has 1 aliphatic rings. The summed E-state index contributed by atoms with van der Waals surface area (Å²) < 4.78 is 5.35. The van der Waals surface area contributed by atoms with E-state index in [1.165, 1.54) is 31.4 Å². The van der Waals surface area contributed by atoms with Gasteiger partial charge in [-0.25, -0.2) is 0 Å². The van der Waals surface area contributed by atoms with Crippen molar-refractivity contribution >= 4 is 40.4 Å². The Morgan fingerprint density at radius 2 is 1.70 bits per heavy atom. The minimum Gasteiger partial charge on any atom is -0.495 e. The van der Waals surface area contributed by atoms with Gasteiger partial charge in [-0.1, -0.05) is 41.9 Å². The molecule has 8 nitrogen and oxygen atoms in total. The van der Waals surface area contributed by atoms with Crippen molar-refractivity contribution < 1.29 is 19.2 Å². The molecule has 0 fully saturated rings. The number of nitrogens with one attached hydrogen (secondary N) is 1. The lowest BCUT2D eigenvalue weighted by molar-refractivity contribution is -0.384. The first kappa shape index (κ1) is 22.0. The normalized spacial score (nSPS) is 13.5. The number of nitro benzene ring substituents is 1. The third-order valence-corrected chi connectivity index (χ3v) is 5.37. The summed E-state index contributed by atoms with van der Waals surface area (Å²) >= 11 is 6.12. The molecule has 3 aromatic rings. The number of hydrogen-bond acceptors (Lipinski definition) is 6. The van der Waals surface area contributed by atoms with E-state index in [0.29, 0.717) is 22.0 Å². The number of halogens is 1. The molecule has 0 spiro atoms. The van der Waals surface area contributed by atoms with Crippen molar-refractivity contribution in [1.82, 2.24) is 4.90 Å². The molecule has 166 valence electrons. The fourth-order valence-corrected chi connectivity index (χ4v) is 3.70. The number of hydrogen-bond donors (Lipinski definition) is 1. The molecule has 3 aromatic carbocycles. The van der Waals surface area contributed by atoms with Crippen LogP contribution in [0.2, 0.25) is 5.02 Å². The first-order chi connectivity index (χ1) is 15.9. The van der Waals surface area contributed by atoms with E-state index in [1.807, 2.05) is 30.3 Å². The number of imide groups is 1. The van der Waals surface area contributed by atoms with Crippen molar-refractivity contribution in [3.8, 4) is 5.75 Å². The van der Waals surface area contributed by atoms with E-state index in [-0.39, 0.29) is 23.5 Å². The van der Waals surface area contributed by atoms with Crippen LogP contribution in [-0.2, 0) is 16.1 Å². The van der Waals surface area contributed by atoms with E-state index >= 15 is 0 Å². The van der Waals surface area contributed by atoms with Gasteiger partial charge in [0, 0.05) is 17.2 Å². The Balaban J connectivity index is 1.79. The van der Waals surface area contributed by atoms with Crippen LogP contribution in [0.25, 0.3) is 5.57 Å². The Labute approximate surface area is 194 Å². The van der Waals surface area contributed by atoms with Gasteiger partial charge in [0.1, 0.15) is 11.4 Å². The van der Waals surface area contributed by atoms with Gasteiger partial charge in [-0.05, 0) is 41.5 Å². The van der Waals surface area contributed by atoms with Crippen LogP contribution < -0.4 is 10.1 Å². The van der Waals surface area contributed by atoms with Crippen molar-refractivity contribution in [2.45, 2.75) is 6.54 Å². The maximum Gasteiger partial charge on any atom is 0.278 e. The molecule has 4 rings (SSSR count). The standard InChI is InChI=1S/C24H18ClN3O5/c1-33-20-12-9-17(25)13-19(20)26-22-21(16-7-10-18(11-8-16)28(31)32)23(29)27(24(22)30)14-15-5-3-2-4-6-15/h2-13,26H,14H2,1H3. The van der Waals surface area contributed by atoms with Crippen LogP contribution in [0.1, 0.15) is 11.1 Å². The van der Waals surface area contributed by atoms with Gasteiger partial charge in [0.15, 0.2) is 0 Å². The second kappa shape index (κ2) is 9.13. The third-order valence-electron chi connectivity index (χ3n) is 5.14. The van der Waals surface area contributed by atoms with Crippen LogP contribution in [0, 0.1) is 10.1 Å². The van der Waals surface area contributed by atoms with Crippen LogP contribution >= 0.6 is 11.6 Å². The highest BCUT2D eigenvalue weighted by Crippen LogP contribution is 2.35. The van der Waals surface area contributed by atoms with Crippen LogP contribution in [0.4, 0.5) is 11.4 Å². The Kier molecular flexibility index (Phi) is 6.10. The lowest BCUT2D eigenvalue weighted by atomic mass is 10.0. The topological polar surface area (TPSA) is 102 Å². The summed E-state index contributed by atoms with van der Waals surface area (Å²) in [5, 5.41) is 14.5. The molecule has 9 heteroatoms.